The first-order chi connectivity index (χ1) is 6.70. The lowest BCUT2D eigenvalue weighted by Crippen LogP contribution is -2.50. The van der Waals surface area contributed by atoms with Crippen LogP contribution in [0.1, 0.15) is 34.6 Å². The third kappa shape index (κ3) is 4.47. The summed E-state index contributed by atoms with van der Waals surface area (Å²) in [5.41, 5.74) is 6.71. The van der Waals surface area contributed by atoms with E-state index in [2.05, 4.69) is 6.58 Å². The first-order valence-electron chi connectivity index (χ1n) is 5.39. The van der Waals surface area contributed by atoms with Crippen LogP contribution >= 0.6 is 0 Å². The summed E-state index contributed by atoms with van der Waals surface area (Å²) in [7, 11) is 0. The molecule has 0 saturated heterocycles. The van der Waals surface area contributed by atoms with E-state index in [1.54, 1.807) is 4.90 Å². The fraction of sp³-hybridized carbons (Fsp3) is 0.750. The number of nitrogens with zero attached hydrogens (tertiary/aromatic N) is 1. The van der Waals surface area contributed by atoms with Gasteiger partial charge in [-0.2, -0.15) is 0 Å². The van der Waals surface area contributed by atoms with Gasteiger partial charge in [0, 0.05) is 13.1 Å². The number of amides is 1. The van der Waals surface area contributed by atoms with Crippen molar-refractivity contribution in [3.05, 3.63) is 12.2 Å². The second-order valence-electron chi connectivity index (χ2n) is 5.15. The molecule has 0 heterocycles. The molecule has 0 saturated carbocycles. The lowest BCUT2D eigenvalue weighted by atomic mass is 9.86. The second-order valence-corrected chi connectivity index (χ2v) is 5.15. The molecule has 0 spiro atoms. The van der Waals surface area contributed by atoms with Gasteiger partial charge < -0.3 is 10.6 Å². The molecule has 0 aliphatic carbocycles. The lowest BCUT2D eigenvalue weighted by molar-refractivity contribution is -0.134. The van der Waals surface area contributed by atoms with Crippen LogP contribution in [0.15, 0.2) is 12.2 Å². The van der Waals surface area contributed by atoms with Crippen LogP contribution < -0.4 is 5.73 Å². The smallest absolute Gasteiger partial charge is 0.240 e. The minimum Gasteiger partial charge on any atom is -0.338 e. The van der Waals surface area contributed by atoms with Crippen LogP contribution in [0.3, 0.4) is 0 Å². The Kier molecular flexibility index (Phi) is 5.01. The summed E-state index contributed by atoms with van der Waals surface area (Å²) in [4.78, 5) is 13.8. The van der Waals surface area contributed by atoms with Gasteiger partial charge in [-0.15, -0.1) is 0 Å². The molecule has 1 atom stereocenters. The largest absolute Gasteiger partial charge is 0.338 e. The summed E-state index contributed by atoms with van der Waals surface area (Å²) < 4.78 is 0. The number of hydrogen-bond acceptors (Lipinski definition) is 2. The van der Waals surface area contributed by atoms with E-state index in [-0.39, 0.29) is 11.3 Å². The SMILES string of the molecule is C=C(C)CN(CC)C(=O)[C@H](N)C(C)(C)C. The molecule has 0 unspecified atom stereocenters. The summed E-state index contributed by atoms with van der Waals surface area (Å²) in [6.45, 7) is 14.9. The van der Waals surface area contributed by atoms with Gasteiger partial charge in [0.25, 0.3) is 0 Å². The minimum absolute atomic E-state index is 0.00741. The number of nitrogens with two attached hydrogens (primary N) is 1. The van der Waals surface area contributed by atoms with Crippen molar-refractivity contribution in [1.82, 2.24) is 4.90 Å². The Morgan fingerprint density at radius 3 is 2.20 bits per heavy atom. The van der Waals surface area contributed by atoms with Crippen molar-refractivity contribution in [1.29, 1.82) is 0 Å². The zero-order chi connectivity index (χ0) is 12.2. The number of rotatable bonds is 4. The van der Waals surface area contributed by atoms with Gasteiger partial charge in [-0.05, 0) is 19.3 Å². The molecule has 2 N–H and O–H groups in total. The van der Waals surface area contributed by atoms with E-state index in [0.717, 1.165) is 5.57 Å². The molecule has 3 heteroatoms. The highest BCUT2D eigenvalue weighted by Crippen LogP contribution is 2.19. The van der Waals surface area contributed by atoms with Gasteiger partial charge >= 0.3 is 0 Å². The maximum Gasteiger partial charge on any atom is 0.240 e. The Balaban J connectivity index is 4.59. The standard InChI is InChI=1S/C12H24N2O/c1-7-14(8-9(2)3)11(15)10(13)12(4,5)6/h10H,2,7-8,13H2,1,3-6H3/t10-/m0/s1. The third-order valence-electron chi connectivity index (χ3n) is 2.35. The molecule has 1 amide bonds. The number of hydrogen-bond donors (Lipinski definition) is 1. The molecule has 0 aromatic rings. The van der Waals surface area contributed by atoms with Crippen molar-refractivity contribution in [2.45, 2.75) is 40.7 Å². The Morgan fingerprint density at radius 1 is 1.47 bits per heavy atom. The highest BCUT2D eigenvalue weighted by Gasteiger charge is 2.30. The van der Waals surface area contributed by atoms with E-state index < -0.39 is 6.04 Å². The molecule has 0 aromatic carbocycles. The Bertz CT molecular complexity index is 240. The van der Waals surface area contributed by atoms with Gasteiger partial charge in [-0.3, -0.25) is 4.79 Å². The Labute approximate surface area is 93.3 Å². The van der Waals surface area contributed by atoms with Crippen LogP contribution in [0.25, 0.3) is 0 Å². The first kappa shape index (κ1) is 14.2. The van der Waals surface area contributed by atoms with E-state index in [1.165, 1.54) is 0 Å². The summed E-state index contributed by atoms with van der Waals surface area (Å²) in [5, 5.41) is 0. The molecular weight excluding hydrogens is 188 g/mol. The highest BCUT2D eigenvalue weighted by molar-refractivity contribution is 5.82. The second kappa shape index (κ2) is 5.31. The average Bonchev–Trinajstić information content (AvgIpc) is 2.10. The van der Waals surface area contributed by atoms with Gasteiger partial charge in [-0.1, -0.05) is 32.9 Å². The molecule has 0 aromatic heterocycles. The minimum atomic E-state index is -0.447. The van der Waals surface area contributed by atoms with Crippen molar-refractivity contribution >= 4 is 5.91 Å². The van der Waals surface area contributed by atoms with E-state index in [1.807, 2.05) is 34.6 Å². The molecule has 0 aliphatic heterocycles. The van der Waals surface area contributed by atoms with Crippen LogP contribution in [0.4, 0.5) is 0 Å². The predicted molar refractivity (Wildman–Crippen MR) is 64.5 cm³/mol. The molecular formula is C12H24N2O. The molecule has 0 bridgehead atoms. The Hall–Kier alpha value is -0.830. The topological polar surface area (TPSA) is 46.3 Å². The average molecular weight is 212 g/mol. The third-order valence-corrected chi connectivity index (χ3v) is 2.35. The fourth-order valence-electron chi connectivity index (χ4n) is 1.24. The number of likely N-dealkylation sites (N-methyl/N-ethyl adjacent to an activating group) is 1. The summed E-state index contributed by atoms with van der Waals surface area (Å²) in [6, 6.07) is -0.447. The van der Waals surface area contributed by atoms with Gasteiger partial charge in [0.05, 0.1) is 6.04 Å². The van der Waals surface area contributed by atoms with Crippen LogP contribution in [-0.4, -0.2) is 29.9 Å². The molecule has 0 radical (unpaired) electrons. The zero-order valence-electron chi connectivity index (χ0n) is 10.6. The van der Waals surface area contributed by atoms with E-state index in [9.17, 15) is 4.79 Å². The molecule has 0 rings (SSSR count). The molecule has 15 heavy (non-hydrogen) atoms. The first-order valence-corrected chi connectivity index (χ1v) is 5.39. The van der Waals surface area contributed by atoms with Gasteiger partial charge in [0.15, 0.2) is 0 Å². The van der Waals surface area contributed by atoms with Crippen LogP contribution in [0.2, 0.25) is 0 Å². The summed E-state index contributed by atoms with van der Waals surface area (Å²) >= 11 is 0. The van der Waals surface area contributed by atoms with Gasteiger partial charge in [-0.25, -0.2) is 0 Å². The lowest BCUT2D eigenvalue weighted by Gasteiger charge is -2.31. The van der Waals surface area contributed by atoms with Crippen molar-refractivity contribution in [2.75, 3.05) is 13.1 Å². The molecule has 0 fully saturated rings. The highest BCUT2D eigenvalue weighted by atomic mass is 16.2. The van der Waals surface area contributed by atoms with Crippen molar-refractivity contribution in [2.24, 2.45) is 11.1 Å². The molecule has 0 aliphatic rings. The van der Waals surface area contributed by atoms with Crippen molar-refractivity contribution < 1.29 is 4.79 Å². The van der Waals surface area contributed by atoms with E-state index >= 15 is 0 Å². The number of carbonyl (C=O) groups excluding carboxylic acids is 1. The van der Waals surface area contributed by atoms with Crippen molar-refractivity contribution in [3.8, 4) is 0 Å². The van der Waals surface area contributed by atoms with Gasteiger partial charge in [0.1, 0.15) is 0 Å². The maximum atomic E-state index is 12.0. The molecule has 88 valence electrons. The zero-order valence-corrected chi connectivity index (χ0v) is 10.6. The van der Waals surface area contributed by atoms with Crippen LogP contribution in [0.5, 0.6) is 0 Å². The van der Waals surface area contributed by atoms with E-state index in [4.69, 9.17) is 5.73 Å². The molecule has 3 nitrogen and oxygen atoms in total. The summed E-state index contributed by atoms with van der Waals surface area (Å²) in [5.74, 6) is 0.00741. The quantitative estimate of drug-likeness (QED) is 0.722. The van der Waals surface area contributed by atoms with E-state index in [0.29, 0.717) is 13.1 Å². The van der Waals surface area contributed by atoms with Crippen LogP contribution in [-0.2, 0) is 4.79 Å². The van der Waals surface area contributed by atoms with Crippen molar-refractivity contribution in [3.63, 3.8) is 0 Å². The summed E-state index contributed by atoms with van der Waals surface area (Å²) in [6.07, 6.45) is 0. The normalized spacial score (nSPS) is 13.5. The monoisotopic (exact) mass is 212 g/mol. The maximum absolute atomic E-state index is 12.0. The van der Waals surface area contributed by atoms with Crippen LogP contribution in [0, 0.1) is 5.41 Å². The fourth-order valence-corrected chi connectivity index (χ4v) is 1.24. The Morgan fingerprint density at radius 2 is 1.93 bits per heavy atom. The van der Waals surface area contributed by atoms with Gasteiger partial charge in [0.2, 0.25) is 5.91 Å². The number of carbonyl (C=O) groups is 1. The predicted octanol–water partition coefficient (Wildman–Crippen LogP) is 1.78.